The standard InChI is InChI=1S/C20H17F3N2O5/c21-20(22,23)12-29-15-8-13(9-16(10-15)30-14-4-2-1-3-5-14)24-17-11-18(27)25(6-7-26)19(17)28/h1-5,8-11,24,26H,6-7,12H2. The first kappa shape index (κ1) is 21.2. The van der Waals surface area contributed by atoms with Gasteiger partial charge in [0.2, 0.25) is 0 Å². The molecule has 2 N–H and O–H groups in total. The number of alkyl halides is 3. The fourth-order valence-corrected chi connectivity index (χ4v) is 2.64. The molecule has 2 aromatic carbocycles. The highest BCUT2D eigenvalue weighted by atomic mass is 19.4. The van der Waals surface area contributed by atoms with E-state index < -0.39 is 31.2 Å². The van der Waals surface area contributed by atoms with Crippen LogP contribution in [0.4, 0.5) is 18.9 Å². The molecule has 2 amide bonds. The Bertz CT molecular complexity index is 961. The Hall–Kier alpha value is -3.53. The third-order valence-corrected chi connectivity index (χ3v) is 3.87. The monoisotopic (exact) mass is 422 g/mol. The average molecular weight is 422 g/mol. The highest BCUT2D eigenvalue weighted by Gasteiger charge is 2.31. The number of β-amino-alcohol motifs (C(OH)–C–C–N with tert-alkyl or cyclic N) is 1. The van der Waals surface area contributed by atoms with Crippen molar-refractivity contribution in [3.8, 4) is 17.2 Å². The summed E-state index contributed by atoms with van der Waals surface area (Å²) >= 11 is 0. The lowest BCUT2D eigenvalue weighted by molar-refractivity contribution is -0.153. The first-order chi connectivity index (χ1) is 14.2. The van der Waals surface area contributed by atoms with Crippen molar-refractivity contribution in [3.63, 3.8) is 0 Å². The average Bonchev–Trinajstić information content (AvgIpc) is 2.94. The fourth-order valence-electron chi connectivity index (χ4n) is 2.64. The Kier molecular flexibility index (Phi) is 6.26. The molecule has 0 radical (unpaired) electrons. The van der Waals surface area contributed by atoms with Crippen molar-refractivity contribution in [2.45, 2.75) is 6.18 Å². The number of aliphatic hydroxyl groups is 1. The van der Waals surface area contributed by atoms with Crippen LogP contribution >= 0.6 is 0 Å². The number of aliphatic hydroxyl groups excluding tert-OH is 1. The Morgan fingerprint density at radius 3 is 2.37 bits per heavy atom. The minimum atomic E-state index is -4.54. The quantitative estimate of drug-likeness (QED) is 0.636. The molecule has 0 aromatic heterocycles. The van der Waals surface area contributed by atoms with Gasteiger partial charge in [-0.2, -0.15) is 13.2 Å². The zero-order valence-corrected chi connectivity index (χ0v) is 15.5. The maximum atomic E-state index is 12.5. The summed E-state index contributed by atoms with van der Waals surface area (Å²) < 4.78 is 48.1. The number of hydrogen-bond donors (Lipinski definition) is 2. The number of para-hydroxylation sites is 1. The van der Waals surface area contributed by atoms with Gasteiger partial charge in [-0.05, 0) is 12.1 Å². The number of ether oxygens (including phenoxy) is 2. The number of anilines is 1. The third-order valence-electron chi connectivity index (χ3n) is 3.87. The van der Waals surface area contributed by atoms with Crippen molar-refractivity contribution in [1.29, 1.82) is 0 Å². The zero-order valence-electron chi connectivity index (χ0n) is 15.5. The van der Waals surface area contributed by atoms with Crippen molar-refractivity contribution in [1.82, 2.24) is 4.90 Å². The summed E-state index contributed by atoms with van der Waals surface area (Å²) in [4.78, 5) is 25.0. The van der Waals surface area contributed by atoms with E-state index in [0.29, 0.717) is 5.75 Å². The van der Waals surface area contributed by atoms with Crippen LogP contribution in [0.15, 0.2) is 60.3 Å². The maximum absolute atomic E-state index is 12.5. The van der Waals surface area contributed by atoms with Crippen molar-refractivity contribution in [2.75, 3.05) is 25.1 Å². The molecule has 0 spiro atoms. The molecule has 10 heteroatoms. The summed E-state index contributed by atoms with van der Waals surface area (Å²) in [5, 5.41) is 11.7. The van der Waals surface area contributed by atoms with Gasteiger partial charge in [-0.3, -0.25) is 14.5 Å². The fraction of sp³-hybridized carbons (Fsp3) is 0.200. The van der Waals surface area contributed by atoms with Crippen LogP contribution in [0.1, 0.15) is 0 Å². The first-order valence-corrected chi connectivity index (χ1v) is 8.78. The second kappa shape index (κ2) is 8.87. The highest BCUT2D eigenvalue weighted by Crippen LogP contribution is 2.32. The highest BCUT2D eigenvalue weighted by molar-refractivity contribution is 6.17. The topological polar surface area (TPSA) is 88.1 Å². The Morgan fingerprint density at radius 1 is 1.00 bits per heavy atom. The van der Waals surface area contributed by atoms with Crippen LogP contribution < -0.4 is 14.8 Å². The molecule has 0 aliphatic carbocycles. The molecule has 3 rings (SSSR count). The number of hydrogen-bond acceptors (Lipinski definition) is 6. The number of imide groups is 1. The molecule has 1 aliphatic heterocycles. The molecule has 2 aromatic rings. The molecule has 0 fully saturated rings. The minimum Gasteiger partial charge on any atom is -0.484 e. The van der Waals surface area contributed by atoms with Crippen LogP contribution in [0, 0.1) is 0 Å². The number of benzene rings is 2. The van der Waals surface area contributed by atoms with Gasteiger partial charge in [-0.15, -0.1) is 0 Å². The van der Waals surface area contributed by atoms with Crippen LogP contribution in [-0.2, 0) is 9.59 Å². The largest absolute Gasteiger partial charge is 0.484 e. The van der Waals surface area contributed by atoms with Gasteiger partial charge in [0.1, 0.15) is 22.9 Å². The predicted molar refractivity (Wildman–Crippen MR) is 100 cm³/mol. The molecular formula is C20H17F3N2O5. The smallest absolute Gasteiger partial charge is 0.422 e. The van der Waals surface area contributed by atoms with Gasteiger partial charge in [-0.1, -0.05) is 18.2 Å². The van der Waals surface area contributed by atoms with Crippen LogP contribution in [0.25, 0.3) is 0 Å². The summed E-state index contributed by atoms with van der Waals surface area (Å²) in [6.07, 6.45) is -3.50. The summed E-state index contributed by atoms with van der Waals surface area (Å²) in [7, 11) is 0. The molecule has 0 bridgehead atoms. The molecular weight excluding hydrogens is 405 g/mol. The maximum Gasteiger partial charge on any atom is 0.422 e. The lowest BCUT2D eigenvalue weighted by atomic mass is 10.2. The number of nitrogens with zero attached hydrogens (tertiary/aromatic N) is 1. The van der Waals surface area contributed by atoms with Gasteiger partial charge in [-0.25, -0.2) is 0 Å². The minimum absolute atomic E-state index is 0.0907. The first-order valence-electron chi connectivity index (χ1n) is 8.78. The molecule has 0 atom stereocenters. The summed E-state index contributed by atoms with van der Waals surface area (Å²) in [6, 6.07) is 12.5. The molecule has 0 saturated heterocycles. The number of carbonyl (C=O) groups excluding carboxylic acids is 2. The van der Waals surface area contributed by atoms with E-state index in [-0.39, 0.29) is 29.4 Å². The van der Waals surface area contributed by atoms with E-state index in [1.165, 1.54) is 18.2 Å². The van der Waals surface area contributed by atoms with E-state index in [4.69, 9.17) is 14.6 Å². The summed E-state index contributed by atoms with van der Waals surface area (Å²) in [5.41, 5.74) is 0.0888. The summed E-state index contributed by atoms with van der Waals surface area (Å²) in [6.45, 7) is -2.07. The third kappa shape index (κ3) is 5.51. The lowest BCUT2D eigenvalue weighted by Crippen LogP contribution is -2.34. The molecule has 158 valence electrons. The van der Waals surface area contributed by atoms with Crippen LogP contribution in [0.5, 0.6) is 17.2 Å². The van der Waals surface area contributed by atoms with Crippen molar-refractivity contribution < 1.29 is 37.3 Å². The molecule has 0 unspecified atom stereocenters. The molecule has 7 nitrogen and oxygen atoms in total. The Morgan fingerprint density at radius 2 is 1.70 bits per heavy atom. The molecule has 1 aliphatic rings. The Labute approximate surface area is 169 Å². The van der Waals surface area contributed by atoms with Gasteiger partial charge in [0.05, 0.1) is 13.2 Å². The number of halogens is 3. The van der Waals surface area contributed by atoms with Crippen molar-refractivity contribution >= 4 is 17.5 Å². The second-order valence-corrected chi connectivity index (χ2v) is 6.21. The van der Waals surface area contributed by atoms with Crippen LogP contribution in [0.3, 0.4) is 0 Å². The second-order valence-electron chi connectivity index (χ2n) is 6.21. The predicted octanol–water partition coefficient (Wildman–Crippen LogP) is 3.08. The number of rotatable bonds is 8. The number of carbonyl (C=O) groups is 2. The number of amides is 2. The van der Waals surface area contributed by atoms with E-state index in [0.717, 1.165) is 11.0 Å². The van der Waals surface area contributed by atoms with Crippen LogP contribution in [-0.4, -0.2) is 47.8 Å². The van der Waals surface area contributed by atoms with E-state index in [2.05, 4.69) is 5.32 Å². The summed E-state index contributed by atoms with van der Waals surface area (Å²) in [5.74, 6) is -0.819. The molecule has 1 heterocycles. The van der Waals surface area contributed by atoms with Gasteiger partial charge in [0.25, 0.3) is 11.8 Å². The SMILES string of the molecule is O=C1C=C(Nc2cc(OCC(F)(F)F)cc(Oc3ccccc3)c2)C(=O)N1CCO. The van der Waals surface area contributed by atoms with E-state index in [1.54, 1.807) is 30.3 Å². The molecule has 0 saturated carbocycles. The number of nitrogens with one attached hydrogen (secondary N) is 1. The van der Waals surface area contributed by atoms with Gasteiger partial charge in [0.15, 0.2) is 6.61 Å². The molecule has 30 heavy (non-hydrogen) atoms. The normalized spacial score (nSPS) is 14.0. The van der Waals surface area contributed by atoms with Gasteiger partial charge >= 0.3 is 6.18 Å². The van der Waals surface area contributed by atoms with E-state index in [9.17, 15) is 22.8 Å². The zero-order chi connectivity index (χ0) is 21.7. The van der Waals surface area contributed by atoms with Gasteiger partial charge in [0, 0.05) is 30.0 Å². The van der Waals surface area contributed by atoms with Crippen LogP contribution in [0.2, 0.25) is 0 Å². The Balaban J connectivity index is 1.85. The van der Waals surface area contributed by atoms with Crippen molar-refractivity contribution in [2.24, 2.45) is 0 Å². The van der Waals surface area contributed by atoms with Crippen molar-refractivity contribution in [3.05, 3.63) is 60.3 Å². The van der Waals surface area contributed by atoms with Gasteiger partial charge < -0.3 is 19.9 Å². The van der Waals surface area contributed by atoms with E-state index in [1.807, 2.05) is 0 Å². The van der Waals surface area contributed by atoms with E-state index >= 15 is 0 Å². The lowest BCUT2D eigenvalue weighted by Gasteiger charge is -2.16.